The fraction of sp³-hybridized carbons (Fsp3) is 0.838. The van der Waals surface area contributed by atoms with Gasteiger partial charge in [-0.3, -0.25) is 14.6 Å². The molecule has 25 heteroatoms. The normalized spacial score (nSPS) is 25.3. The zero-order chi connectivity index (χ0) is 75.1. The number of aliphatic hydroxyl groups is 4. The lowest BCUT2D eigenvalue weighted by atomic mass is 9.86. The van der Waals surface area contributed by atoms with E-state index in [1.165, 1.54) is 98.5 Å². The molecule has 0 aliphatic carbocycles. The number of aromatic nitrogens is 1. The number of carbonyl (C=O) groups is 7. The van der Waals surface area contributed by atoms with Crippen LogP contribution < -0.4 is 16.0 Å². The number of carbonyl (C=O) groups excluding carboxylic acids is 7. The van der Waals surface area contributed by atoms with E-state index in [9.17, 15) is 48.9 Å². The van der Waals surface area contributed by atoms with Gasteiger partial charge in [0.05, 0.1) is 51.4 Å². The number of pyridine rings is 1. The van der Waals surface area contributed by atoms with Gasteiger partial charge in [-0.15, -0.1) is 0 Å². The van der Waals surface area contributed by atoms with Crippen molar-refractivity contribution in [1.29, 1.82) is 0 Å². The molecule has 99 heavy (non-hydrogen) atoms. The second-order valence-corrected chi connectivity index (χ2v) is 30.3. The average molecular weight is 1410 g/mol. The summed E-state index contributed by atoms with van der Waals surface area (Å²) in [6, 6.07) is 1.37. The van der Waals surface area contributed by atoms with Crippen molar-refractivity contribution >= 4 is 42.2 Å². The van der Waals surface area contributed by atoms with Gasteiger partial charge in [-0.25, -0.2) is 24.0 Å². The number of methoxy groups -OCH3 is 4. The summed E-state index contributed by atoms with van der Waals surface area (Å²) in [5.41, 5.74) is -0.924. The van der Waals surface area contributed by atoms with Gasteiger partial charge in [-0.1, -0.05) is 80.1 Å². The van der Waals surface area contributed by atoms with E-state index >= 15 is 0 Å². The molecule has 1 aromatic heterocycles. The van der Waals surface area contributed by atoms with Crippen LogP contribution in [0.5, 0.6) is 0 Å². The summed E-state index contributed by atoms with van der Waals surface area (Å²) in [6.45, 7) is 40.6. The number of nitrogens with zero attached hydrogens (tertiary/aromatic N) is 4. The van der Waals surface area contributed by atoms with Crippen molar-refractivity contribution < 1.29 is 87.1 Å². The highest BCUT2D eigenvalue weighted by atomic mass is 16.6. The Bertz CT molecular complexity index is 2190. The van der Waals surface area contributed by atoms with Crippen LogP contribution in [-0.4, -0.2) is 232 Å². The molecule has 1 aromatic rings. The van der Waals surface area contributed by atoms with E-state index in [2.05, 4.69) is 81.4 Å². The van der Waals surface area contributed by atoms with Crippen molar-refractivity contribution in [3.63, 3.8) is 0 Å². The third-order valence-electron chi connectivity index (χ3n) is 18.4. The first-order valence-corrected chi connectivity index (χ1v) is 36.4. The lowest BCUT2D eigenvalue weighted by Gasteiger charge is -2.37. The fourth-order valence-electron chi connectivity index (χ4n) is 12.5. The number of aliphatic hydroxyl groups excluding tert-OH is 4. The topological polar surface area (TPSA) is 324 Å². The van der Waals surface area contributed by atoms with Crippen molar-refractivity contribution in [3.05, 3.63) is 29.6 Å². The van der Waals surface area contributed by atoms with Crippen LogP contribution in [0.25, 0.3) is 0 Å². The van der Waals surface area contributed by atoms with Gasteiger partial charge < -0.3 is 84.2 Å². The zero-order valence-electron chi connectivity index (χ0n) is 64.3. The van der Waals surface area contributed by atoms with Crippen LogP contribution in [0.3, 0.4) is 0 Å². The molecule has 7 heterocycles. The minimum absolute atomic E-state index is 0.0356. The Morgan fingerprint density at radius 3 is 0.909 bits per heavy atom. The Labute approximate surface area is 594 Å². The van der Waals surface area contributed by atoms with Crippen molar-refractivity contribution in [2.75, 3.05) is 133 Å². The van der Waals surface area contributed by atoms with Gasteiger partial charge in [-0.05, 0) is 168 Å². The third-order valence-corrected chi connectivity index (χ3v) is 18.4. The van der Waals surface area contributed by atoms with E-state index in [0.717, 1.165) is 82.6 Å². The second-order valence-electron chi connectivity index (χ2n) is 30.3. The summed E-state index contributed by atoms with van der Waals surface area (Å²) in [7, 11) is 5.22. The lowest BCUT2D eigenvalue weighted by molar-refractivity contribution is -0.151. The maximum absolute atomic E-state index is 12.0. The molecule has 0 radical (unpaired) electrons. The molecular weight excluding hydrogens is 1270 g/mol. The van der Waals surface area contributed by atoms with Gasteiger partial charge in [-0.2, -0.15) is 0 Å². The monoisotopic (exact) mass is 1410 g/mol. The number of likely N-dealkylation sites (tertiary alicyclic amines) is 3. The average Bonchev–Trinajstić information content (AvgIpc) is 0.892. The van der Waals surface area contributed by atoms with Gasteiger partial charge in [0, 0.05) is 115 Å². The van der Waals surface area contributed by atoms with Crippen LogP contribution in [0, 0.1) is 71.0 Å². The van der Waals surface area contributed by atoms with Crippen molar-refractivity contribution in [1.82, 2.24) is 35.6 Å². The molecule has 0 aromatic carbocycles. The predicted molar refractivity (Wildman–Crippen MR) is 383 cm³/mol. The number of esters is 4. The first-order valence-electron chi connectivity index (χ1n) is 36.4. The molecular formula is C74H135N7O18. The van der Waals surface area contributed by atoms with Gasteiger partial charge in [0.25, 0.3) is 0 Å². The highest BCUT2D eigenvalue weighted by molar-refractivity contribution is 5.94. The number of hydrogen-bond donors (Lipinski definition) is 7. The Morgan fingerprint density at radius 2 is 0.636 bits per heavy atom. The molecule has 6 aliphatic heterocycles. The molecule has 7 N–H and O–H groups in total. The molecule has 6 aliphatic rings. The van der Waals surface area contributed by atoms with E-state index in [0.29, 0.717) is 69.4 Å². The SMILES string of the molecule is CC(C)(C)OC(=O)N1CC(CO)CC(CO)C1.CCC1CC(CC)CN(C(=O)OC(C)(C)C)C1.CCC1CC(CO)CN(C(=O)OC(C)(C)C)C1.CCC1CNCC(CC)C1.CCC1CNCC(CO)C1.COC(=O)C1CNCC(C(=O)OC)C1.COC(=O)c1cncc(C(=O)OC)c1. The van der Waals surface area contributed by atoms with Crippen LogP contribution >= 0.6 is 0 Å². The third kappa shape index (κ3) is 37.9. The fourth-order valence-corrected chi connectivity index (χ4v) is 12.5. The molecule has 6 saturated heterocycles. The molecule has 574 valence electrons. The lowest BCUT2D eigenvalue weighted by Crippen LogP contribution is -2.47. The summed E-state index contributed by atoms with van der Waals surface area (Å²) >= 11 is 0. The first kappa shape index (κ1) is 91.6. The quantitative estimate of drug-likeness (QED) is 0.0673. The van der Waals surface area contributed by atoms with E-state index in [1.807, 2.05) is 67.2 Å². The van der Waals surface area contributed by atoms with Crippen LogP contribution in [0.1, 0.15) is 202 Å². The van der Waals surface area contributed by atoms with Gasteiger partial charge in [0.15, 0.2) is 0 Å². The van der Waals surface area contributed by atoms with E-state index < -0.39 is 28.7 Å². The maximum atomic E-state index is 12.0. The van der Waals surface area contributed by atoms with Gasteiger partial charge >= 0.3 is 42.2 Å². The molecule has 0 saturated carbocycles. The van der Waals surface area contributed by atoms with Crippen molar-refractivity contribution in [2.45, 2.75) is 198 Å². The molecule has 12 atom stereocenters. The van der Waals surface area contributed by atoms with E-state index in [-0.39, 0.29) is 90.8 Å². The summed E-state index contributed by atoms with van der Waals surface area (Å²) in [4.78, 5) is 89.4. The molecule has 12 unspecified atom stereocenters. The number of hydrogen-bond acceptors (Lipinski definition) is 22. The highest BCUT2D eigenvalue weighted by Gasteiger charge is 2.36. The molecule has 25 nitrogen and oxygen atoms in total. The molecule has 7 rings (SSSR count). The molecule has 0 bridgehead atoms. The number of piperidine rings is 6. The van der Waals surface area contributed by atoms with Gasteiger partial charge in [0.1, 0.15) is 16.8 Å². The number of amides is 3. The van der Waals surface area contributed by atoms with Crippen molar-refractivity contribution in [2.24, 2.45) is 71.0 Å². The van der Waals surface area contributed by atoms with Crippen LogP contribution in [0.15, 0.2) is 18.5 Å². The summed E-state index contributed by atoms with van der Waals surface area (Å²) < 4.78 is 34.3. The van der Waals surface area contributed by atoms with Gasteiger partial charge in [0.2, 0.25) is 0 Å². The molecule has 0 spiro atoms. The Kier molecular flexibility index (Phi) is 44.8. The summed E-state index contributed by atoms with van der Waals surface area (Å²) in [5.74, 6) is 3.15. The zero-order valence-corrected chi connectivity index (χ0v) is 64.3. The van der Waals surface area contributed by atoms with Crippen molar-refractivity contribution in [3.8, 4) is 0 Å². The highest BCUT2D eigenvalue weighted by Crippen LogP contribution is 2.30. The molecule has 6 fully saturated rings. The minimum atomic E-state index is -0.539. The smallest absolute Gasteiger partial charge is 0.410 e. The Balaban J connectivity index is 0.000000582. The number of rotatable bonds is 14. The van der Waals surface area contributed by atoms with E-state index in [1.54, 1.807) is 9.80 Å². The standard InChI is InChI=1S/C14H27NO2.C13H25NO3.C12H23NO4.C9H15NO4.C9H9NO4.C9H19N.C8H17NO/c1-6-11-8-12(7-2)10-15(9-11)13(16)17-14(3,4)5;1-5-10-6-11(9-15)8-14(7-10)12(16)17-13(2,3)4;1-12(2,3)17-11(16)13-5-9(7-14)4-10(6-13)8-15;2*1-13-8(11)6-3-7(5-10-4-6)9(12)14-2;1-3-8-5-9(4-2)7-10-6-8;1-2-7-3-8(6-10)5-9-4-7/h11-12H,6-10H2,1-5H3;10-11,15H,5-9H2,1-4H3;9-10,14-15H,4-8H2,1-3H3;6-7,10H,3-5H2,1-2H3;3-5H,1-2H3;8-10H,3-7H2,1-2H3;7-10H,2-6H2,1H3. The Morgan fingerprint density at radius 1 is 0.384 bits per heavy atom. The Hall–Kier alpha value is -5.44. The van der Waals surface area contributed by atoms with Crippen LogP contribution in [-0.2, 0) is 42.7 Å². The molecule has 3 amide bonds. The largest absolute Gasteiger partial charge is 0.469 e. The number of ether oxygens (including phenoxy) is 7. The maximum Gasteiger partial charge on any atom is 0.410 e. The minimum Gasteiger partial charge on any atom is -0.469 e. The number of nitrogens with one attached hydrogen (secondary N) is 3. The first-order chi connectivity index (χ1) is 46.7. The summed E-state index contributed by atoms with van der Waals surface area (Å²) in [5, 5.41) is 46.3. The van der Waals surface area contributed by atoms with Crippen LogP contribution in [0.4, 0.5) is 14.4 Å². The summed E-state index contributed by atoms with van der Waals surface area (Å²) in [6.07, 6.45) is 15.3. The second kappa shape index (κ2) is 48.4. The van der Waals surface area contributed by atoms with E-state index in [4.69, 9.17) is 19.3 Å². The predicted octanol–water partition coefficient (Wildman–Crippen LogP) is 9.65. The van der Waals surface area contributed by atoms with Crippen LogP contribution in [0.2, 0.25) is 0 Å².